The maximum Gasteiger partial charge on any atom is 0.320 e. The van der Waals surface area contributed by atoms with Gasteiger partial charge in [0.2, 0.25) is 17.7 Å². The summed E-state index contributed by atoms with van der Waals surface area (Å²) in [4.78, 5) is 71.5. The summed E-state index contributed by atoms with van der Waals surface area (Å²) in [6, 6.07) is -1.56. The molecule has 8 heterocycles. The molecule has 8 rings (SSSR count). The first-order valence-electron chi connectivity index (χ1n) is 17.2. The topological polar surface area (TPSA) is 131 Å². The number of carbonyl (C=O) groups excluding carboxylic acids is 4. The van der Waals surface area contributed by atoms with Crippen molar-refractivity contribution in [3.8, 4) is 0 Å². The highest BCUT2D eigenvalue weighted by atomic mass is 32.1. The summed E-state index contributed by atoms with van der Waals surface area (Å²) in [5.74, 6) is -0.0689. The molecule has 6 bridgehead atoms. The molecular weight excluding hydrogens is 608 g/mol. The third kappa shape index (κ3) is 6.50. The maximum absolute atomic E-state index is 14.6. The van der Waals surface area contributed by atoms with Crippen LogP contribution in [0.2, 0.25) is 0 Å². The number of carbonyl (C=O) groups is 4. The maximum atomic E-state index is 14.6. The number of piperidine rings is 2. The SMILES string of the molecule is Cc1sc2nc1CC(=O)N[C@@H]1C[C@@H](C(=O)N3C[C@@H](NC4CCN(C)CC4)C[C@H]3C(=O)N3CCC2CC3)N(C(=O)N2CCOCC2)C1. The Morgan fingerprint density at radius 1 is 0.913 bits per heavy atom. The highest BCUT2D eigenvalue weighted by Crippen LogP contribution is 2.35. The number of nitrogens with one attached hydrogen (secondary N) is 2. The highest BCUT2D eigenvalue weighted by Gasteiger charge is 2.49. The van der Waals surface area contributed by atoms with Gasteiger partial charge in [-0.05, 0) is 65.6 Å². The van der Waals surface area contributed by atoms with Gasteiger partial charge in [0.15, 0.2) is 0 Å². The van der Waals surface area contributed by atoms with Crippen LogP contribution >= 0.6 is 11.3 Å². The molecule has 5 fully saturated rings. The number of rotatable bonds is 2. The number of aromatic nitrogens is 1. The minimum absolute atomic E-state index is 0.00598. The zero-order valence-corrected chi connectivity index (χ0v) is 27.9. The van der Waals surface area contributed by atoms with Crippen molar-refractivity contribution in [3.63, 3.8) is 0 Å². The van der Waals surface area contributed by atoms with Gasteiger partial charge in [0.05, 0.1) is 30.3 Å². The number of nitrogens with zero attached hydrogens (tertiary/aromatic N) is 6. The van der Waals surface area contributed by atoms with E-state index in [4.69, 9.17) is 9.72 Å². The Hall–Kier alpha value is -2.81. The van der Waals surface area contributed by atoms with Crippen LogP contribution in [-0.4, -0.2) is 156 Å². The minimum atomic E-state index is -0.757. The number of amides is 5. The van der Waals surface area contributed by atoms with Gasteiger partial charge in [-0.3, -0.25) is 14.4 Å². The van der Waals surface area contributed by atoms with Crippen LogP contribution in [0.4, 0.5) is 4.79 Å². The average Bonchev–Trinajstić information content (AvgIpc) is 3.78. The summed E-state index contributed by atoms with van der Waals surface area (Å²) in [5, 5.41) is 7.97. The van der Waals surface area contributed by atoms with Gasteiger partial charge in [0.25, 0.3) is 0 Å². The summed E-state index contributed by atoms with van der Waals surface area (Å²) in [7, 11) is 2.14. The van der Waals surface area contributed by atoms with Crippen LogP contribution < -0.4 is 10.6 Å². The predicted molar refractivity (Wildman–Crippen MR) is 172 cm³/mol. The van der Waals surface area contributed by atoms with Crippen LogP contribution in [0.25, 0.3) is 0 Å². The second kappa shape index (κ2) is 13.4. The molecule has 14 heteroatoms. The first-order valence-corrected chi connectivity index (χ1v) is 18.0. The summed E-state index contributed by atoms with van der Waals surface area (Å²) < 4.78 is 5.48. The third-order valence-electron chi connectivity index (χ3n) is 10.9. The molecule has 252 valence electrons. The lowest BCUT2D eigenvalue weighted by Gasteiger charge is -2.37. The van der Waals surface area contributed by atoms with Gasteiger partial charge >= 0.3 is 6.03 Å². The molecular formula is C32H48N8O5S. The number of hydrogen-bond acceptors (Lipinski definition) is 9. The van der Waals surface area contributed by atoms with Crippen molar-refractivity contribution in [2.75, 3.05) is 72.6 Å². The first-order chi connectivity index (χ1) is 22.2. The number of ether oxygens (including phenoxy) is 1. The van der Waals surface area contributed by atoms with Crippen molar-refractivity contribution in [2.24, 2.45) is 0 Å². The van der Waals surface area contributed by atoms with E-state index in [0.29, 0.717) is 64.8 Å². The first kappa shape index (κ1) is 31.8. The molecule has 4 atom stereocenters. The fraction of sp³-hybridized carbons (Fsp3) is 0.781. The fourth-order valence-electron chi connectivity index (χ4n) is 8.23. The van der Waals surface area contributed by atoms with Crippen LogP contribution in [-0.2, 0) is 25.5 Å². The monoisotopic (exact) mass is 656 g/mol. The molecule has 0 spiro atoms. The fourth-order valence-corrected chi connectivity index (χ4v) is 9.34. The van der Waals surface area contributed by atoms with Gasteiger partial charge in [-0.25, -0.2) is 9.78 Å². The molecule has 0 radical (unpaired) electrons. The highest BCUT2D eigenvalue weighted by molar-refractivity contribution is 7.11. The molecule has 0 saturated carbocycles. The lowest BCUT2D eigenvalue weighted by Crippen LogP contribution is -2.56. The van der Waals surface area contributed by atoms with Gasteiger partial charge in [0.1, 0.15) is 12.1 Å². The van der Waals surface area contributed by atoms with Crippen molar-refractivity contribution in [2.45, 2.75) is 88.0 Å². The van der Waals surface area contributed by atoms with Crippen molar-refractivity contribution in [1.29, 1.82) is 0 Å². The molecule has 7 aliphatic rings. The number of likely N-dealkylation sites (tertiary alicyclic amines) is 2. The lowest BCUT2D eigenvalue weighted by atomic mass is 9.96. The largest absolute Gasteiger partial charge is 0.378 e. The Labute approximate surface area is 274 Å². The minimum Gasteiger partial charge on any atom is -0.378 e. The van der Waals surface area contributed by atoms with Crippen LogP contribution in [0.3, 0.4) is 0 Å². The molecule has 1 aromatic heterocycles. The van der Waals surface area contributed by atoms with Crippen LogP contribution in [0, 0.1) is 6.92 Å². The van der Waals surface area contributed by atoms with Crippen molar-refractivity contribution in [1.82, 2.24) is 40.1 Å². The molecule has 5 amide bonds. The Balaban J connectivity index is 1.18. The molecule has 0 aliphatic carbocycles. The van der Waals surface area contributed by atoms with Crippen LogP contribution in [0.15, 0.2) is 0 Å². The zero-order valence-electron chi connectivity index (χ0n) is 27.1. The second-order valence-corrected chi connectivity index (χ2v) is 15.3. The van der Waals surface area contributed by atoms with Crippen LogP contribution in [0.1, 0.15) is 60.0 Å². The van der Waals surface area contributed by atoms with Crippen molar-refractivity contribution < 1.29 is 23.9 Å². The zero-order chi connectivity index (χ0) is 31.9. The molecule has 46 heavy (non-hydrogen) atoms. The van der Waals surface area contributed by atoms with Crippen LogP contribution in [0.5, 0.6) is 0 Å². The van der Waals surface area contributed by atoms with E-state index < -0.39 is 12.1 Å². The van der Waals surface area contributed by atoms with Gasteiger partial charge < -0.3 is 39.9 Å². The van der Waals surface area contributed by atoms with E-state index in [1.54, 1.807) is 26.0 Å². The summed E-state index contributed by atoms with van der Waals surface area (Å²) in [5.41, 5.74) is 0.788. The Kier molecular flexibility index (Phi) is 9.23. The van der Waals surface area contributed by atoms with E-state index in [9.17, 15) is 19.2 Å². The van der Waals surface area contributed by atoms with Gasteiger partial charge in [-0.2, -0.15) is 0 Å². The van der Waals surface area contributed by atoms with Gasteiger partial charge in [-0.15, -0.1) is 11.3 Å². The molecule has 13 nitrogen and oxygen atoms in total. The quantitative estimate of drug-likeness (QED) is 0.468. The van der Waals surface area contributed by atoms with E-state index in [0.717, 1.165) is 54.4 Å². The summed E-state index contributed by atoms with van der Waals surface area (Å²) in [6.07, 6.45) is 4.76. The Morgan fingerprint density at radius 2 is 1.65 bits per heavy atom. The van der Waals surface area contributed by atoms with E-state index in [1.165, 1.54) is 0 Å². The number of fused-ring (bicyclic) bond motifs is 4. The van der Waals surface area contributed by atoms with Crippen molar-refractivity contribution in [3.05, 3.63) is 15.6 Å². The number of urea groups is 1. The van der Waals surface area contributed by atoms with Gasteiger partial charge in [-0.1, -0.05) is 0 Å². The van der Waals surface area contributed by atoms with E-state index >= 15 is 0 Å². The van der Waals surface area contributed by atoms with Crippen molar-refractivity contribution >= 4 is 35.1 Å². The number of morpholine rings is 1. The van der Waals surface area contributed by atoms with E-state index in [1.807, 2.05) is 11.8 Å². The average molecular weight is 657 g/mol. The Bertz CT molecular complexity index is 1320. The van der Waals surface area contributed by atoms with E-state index in [2.05, 4.69) is 22.6 Å². The molecule has 1 aromatic rings. The summed E-state index contributed by atoms with van der Waals surface area (Å²) in [6.45, 7) is 7.82. The normalized spacial score (nSPS) is 31.8. The molecule has 2 N–H and O–H groups in total. The molecule has 0 unspecified atom stereocenters. The van der Waals surface area contributed by atoms with E-state index in [-0.39, 0.29) is 54.7 Å². The molecule has 7 aliphatic heterocycles. The Morgan fingerprint density at radius 3 is 2.39 bits per heavy atom. The van der Waals surface area contributed by atoms with Gasteiger partial charge in [0, 0.05) is 68.2 Å². The lowest BCUT2D eigenvalue weighted by molar-refractivity contribution is -0.146. The smallest absolute Gasteiger partial charge is 0.320 e. The number of aryl methyl sites for hydroxylation is 1. The predicted octanol–water partition coefficient (Wildman–Crippen LogP) is 0.378. The third-order valence-corrected chi connectivity index (χ3v) is 12.1. The summed E-state index contributed by atoms with van der Waals surface area (Å²) >= 11 is 1.66. The molecule has 5 saturated heterocycles. The number of thiazole rings is 1. The molecule has 0 aromatic carbocycles. The second-order valence-electron chi connectivity index (χ2n) is 14.1. The number of hydrogen-bond donors (Lipinski definition) is 2. The standard InChI is InChI=1S/C32H48N8O5S/c1-20-25-17-28(41)34-24-16-27(40(19-24)32(44)38-11-13-45-14-12-38)31(43)39-18-23(33-22-5-7-36(2)8-6-22)15-26(39)30(42)37-9-3-21(4-10-37)29(35-25)46-20/h21-24,26-27,33H,3-19H2,1-2H3,(H,34,41)/t23-,24+,26-,27-/m0/s1.